The van der Waals surface area contributed by atoms with Gasteiger partial charge in [0.25, 0.3) is 0 Å². The molecular formula is C22H16F3N3O. The van der Waals surface area contributed by atoms with Gasteiger partial charge in [-0.1, -0.05) is 41.6 Å². The SMILES string of the molecule is CC(N=O)c1ccccc1-c1cccc(-n2cnc3cc(C(F)(F)F)ccc32)c1. The van der Waals surface area contributed by atoms with Gasteiger partial charge in [0.15, 0.2) is 0 Å². The van der Waals surface area contributed by atoms with Crippen molar-refractivity contribution in [2.24, 2.45) is 5.18 Å². The summed E-state index contributed by atoms with van der Waals surface area (Å²) in [4.78, 5) is 15.2. The summed E-state index contributed by atoms with van der Waals surface area (Å²) in [7, 11) is 0. The van der Waals surface area contributed by atoms with Crippen LogP contribution in [0.15, 0.2) is 78.2 Å². The summed E-state index contributed by atoms with van der Waals surface area (Å²) in [5.74, 6) is 0. The fraction of sp³-hybridized carbons (Fsp3) is 0.136. The summed E-state index contributed by atoms with van der Waals surface area (Å²) in [5.41, 5.74) is 3.44. The molecule has 0 radical (unpaired) electrons. The fourth-order valence-corrected chi connectivity index (χ4v) is 3.40. The molecule has 0 saturated heterocycles. The van der Waals surface area contributed by atoms with Gasteiger partial charge in [0, 0.05) is 5.69 Å². The molecule has 0 aliphatic carbocycles. The summed E-state index contributed by atoms with van der Waals surface area (Å²) in [5, 5.41) is 3.13. The van der Waals surface area contributed by atoms with E-state index in [9.17, 15) is 18.1 Å². The molecule has 0 amide bonds. The van der Waals surface area contributed by atoms with E-state index in [0.717, 1.165) is 34.5 Å². The van der Waals surface area contributed by atoms with Crippen LogP contribution >= 0.6 is 0 Å². The fourth-order valence-electron chi connectivity index (χ4n) is 3.40. The maximum atomic E-state index is 13.0. The van der Waals surface area contributed by atoms with Crippen LogP contribution in [0.5, 0.6) is 0 Å². The highest BCUT2D eigenvalue weighted by Crippen LogP contribution is 2.33. The van der Waals surface area contributed by atoms with Crippen LogP contribution < -0.4 is 0 Å². The van der Waals surface area contributed by atoms with Crippen molar-refractivity contribution in [1.82, 2.24) is 9.55 Å². The summed E-state index contributed by atoms with van der Waals surface area (Å²) in [6.07, 6.45) is -2.91. The molecule has 3 aromatic carbocycles. The molecule has 4 nitrogen and oxygen atoms in total. The summed E-state index contributed by atoms with van der Waals surface area (Å²) < 4.78 is 40.6. The molecule has 0 fully saturated rings. The molecule has 0 saturated carbocycles. The molecule has 146 valence electrons. The Bertz CT molecular complexity index is 1200. The van der Waals surface area contributed by atoms with Gasteiger partial charge in [0.05, 0.1) is 16.6 Å². The van der Waals surface area contributed by atoms with Crippen molar-refractivity contribution in [2.45, 2.75) is 19.1 Å². The molecule has 0 aliphatic rings. The van der Waals surface area contributed by atoms with Crippen LogP contribution in [0, 0.1) is 4.91 Å². The molecule has 1 unspecified atom stereocenters. The number of imidazole rings is 1. The topological polar surface area (TPSA) is 47.2 Å². The molecule has 7 heteroatoms. The lowest BCUT2D eigenvalue weighted by Crippen LogP contribution is -2.04. The Morgan fingerprint density at radius 2 is 1.79 bits per heavy atom. The third kappa shape index (κ3) is 3.51. The van der Waals surface area contributed by atoms with Crippen LogP contribution in [-0.2, 0) is 6.18 Å². The highest BCUT2D eigenvalue weighted by molar-refractivity contribution is 5.79. The molecule has 0 aliphatic heterocycles. The van der Waals surface area contributed by atoms with Crippen LogP contribution in [0.25, 0.3) is 27.8 Å². The second-order valence-electron chi connectivity index (χ2n) is 6.73. The first kappa shape index (κ1) is 18.9. The van der Waals surface area contributed by atoms with Gasteiger partial charge < -0.3 is 0 Å². The zero-order valence-corrected chi connectivity index (χ0v) is 15.4. The average Bonchev–Trinajstić information content (AvgIpc) is 3.16. The Hall–Kier alpha value is -3.48. The number of aromatic nitrogens is 2. The van der Waals surface area contributed by atoms with Gasteiger partial charge >= 0.3 is 6.18 Å². The molecule has 0 N–H and O–H groups in total. The molecule has 0 bridgehead atoms. The van der Waals surface area contributed by atoms with Crippen molar-refractivity contribution in [2.75, 3.05) is 0 Å². The van der Waals surface area contributed by atoms with E-state index >= 15 is 0 Å². The standard InChI is InChI=1S/C22H16F3N3O/c1-14(27-29)18-7-2-3-8-19(18)15-5-4-6-17(11-15)28-13-26-20-12-16(22(23,24)25)9-10-21(20)28/h2-14H,1H3. The largest absolute Gasteiger partial charge is 0.416 e. The van der Waals surface area contributed by atoms with Crippen LogP contribution in [0.3, 0.4) is 0 Å². The number of alkyl halides is 3. The number of hydrogen-bond acceptors (Lipinski definition) is 3. The summed E-state index contributed by atoms with van der Waals surface area (Å²) in [6, 6.07) is 18.1. The van der Waals surface area contributed by atoms with E-state index in [0.29, 0.717) is 5.52 Å². The third-order valence-corrected chi connectivity index (χ3v) is 4.88. The Kier molecular flexibility index (Phi) is 4.66. The number of benzene rings is 3. The van der Waals surface area contributed by atoms with E-state index in [4.69, 9.17) is 0 Å². The summed E-state index contributed by atoms with van der Waals surface area (Å²) in [6.45, 7) is 1.73. The lowest BCUT2D eigenvalue weighted by molar-refractivity contribution is -0.137. The maximum absolute atomic E-state index is 13.0. The highest BCUT2D eigenvalue weighted by atomic mass is 19.4. The molecule has 0 spiro atoms. The van der Waals surface area contributed by atoms with Crippen LogP contribution in [-0.4, -0.2) is 9.55 Å². The molecule has 4 rings (SSSR count). The number of fused-ring (bicyclic) bond motifs is 1. The number of hydrogen-bond donors (Lipinski definition) is 0. The third-order valence-electron chi connectivity index (χ3n) is 4.88. The monoisotopic (exact) mass is 395 g/mol. The smallest absolute Gasteiger partial charge is 0.299 e. The van der Waals surface area contributed by atoms with Crippen LogP contribution in [0.4, 0.5) is 13.2 Å². The quantitative estimate of drug-likeness (QED) is 0.368. The first-order valence-electron chi connectivity index (χ1n) is 8.95. The Labute approximate surface area is 164 Å². The predicted octanol–water partition coefficient (Wildman–Crippen LogP) is 6.54. The summed E-state index contributed by atoms with van der Waals surface area (Å²) >= 11 is 0. The Morgan fingerprint density at radius 3 is 2.55 bits per heavy atom. The highest BCUT2D eigenvalue weighted by Gasteiger charge is 2.30. The van der Waals surface area contributed by atoms with E-state index in [1.807, 2.05) is 48.5 Å². The zero-order valence-electron chi connectivity index (χ0n) is 15.4. The van der Waals surface area contributed by atoms with Crippen molar-refractivity contribution in [1.29, 1.82) is 0 Å². The van der Waals surface area contributed by atoms with Gasteiger partial charge in [0.1, 0.15) is 12.4 Å². The van der Waals surface area contributed by atoms with Gasteiger partial charge in [-0.25, -0.2) is 4.98 Å². The van der Waals surface area contributed by atoms with Crippen molar-refractivity contribution < 1.29 is 13.2 Å². The van der Waals surface area contributed by atoms with E-state index in [1.54, 1.807) is 11.5 Å². The Balaban J connectivity index is 1.80. The number of nitrogens with zero attached hydrogens (tertiary/aromatic N) is 3. The molecule has 4 aromatic rings. The first-order chi connectivity index (χ1) is 13.9. The van der Waals surface area contributed by atoms with Gasteiger partial charge in [-0.15, -0.1) is 0 Å². The molecule has 1 heterocycles. The Morgan fingerprint density at radius 1 is 1.00 bits per heavy atom. The van der Waals surface area contributed by atoms with Crippen LogP contribution in [0.1, 0.15) is 24.1 Å². The molecular weight excluding hydrogens is 379 g/mol. The van der Waals surface area contributed by atoms with Gasteiger partial charge in [-0.2, -0.15) is 18.1 Å². The van der Waals surface area contributed by atoms with E-state index in [-0.39, 0.29) is 5.52 Å². The minimum Gasteiger partial charge on any atom is -0.299 e. The van der Waals surface area contributed by atoms with Gasteiger partial charge in [-0.05, 0) is 53.9 Å². The molecule has 29 heavy (non-hydrogen) atoms. The van der Waals surface area contributed by atoms with Crippen molar-refractivity contribution in [3.8, 4) is 16.8 Å². The van der Waals surface area contributed by atoms with Gasteiger partial charge in [-0.3, -0.25) is 4.57 Å². The predicted molar refractivity (Wildman–Crippen MR) is 106 cm³/mol. The lowest BCUT2D eigenvalue weighted by Gasteiger charge is -2.13. The van der Waals surface area contributed by atoms with Crippen molar-refractivity contribution in [3.63, 3.8) is 0 Å². The normalized spacial score (nSPS) is 12.8. The second kappa shape index (κ2) is 7.16. The molecule has 1 aromatic heterocycles. The maximum Gasteiger partial charge on any atom is 0.416 e. The van der Waals surface area contributed by atoms with Gasteiger partial charge in [0.2, 0.25) is 0 Å². The number of rotatable bonds is 4. The molecule has 1 atom stereocenters. The van der Waals surface area contributed by atoms with E-state index < -0.39 is 17.8 Å². The minimum atomic E-state index is -4.41. The number of halogens is 3. The zero-order chi connectivity index (χ0) is 20.6. The first-order valence-corrected chi connectivity index (χ1v) is 8.95. The van der Waals surface area contributed by atoms with E-state index in [2.05, 4.69) is 10.2 Å². The van der Waals surface area contributed by atoms with Crippen molar-refractivity contribution in [3.05, 3.63) is 89.1 Å². The second-order valence-corrected chi connectivity index (χ2v) is 6.73. The van der Waals surface area contributed by atoms with Crippen molar-refractivity contribution >= 4 is 11.0 Å². The van der Waals surface area contributed by atoms with E-state index in [1.165, 1.54) is 12.4 Å². The minimum absolute atomic E-state index is 0.268. The van der Waals surface area contributed by atoms with Crippen LogP contribution in [0.2, 0.25) is 0 Å². The lowest BCUT2D eigenvalue weighted by atomic mass is 9.95. The average molecular weight is 395 g/mol. The number of nitroso groups, excluding NO2 is 1.